The quantitative estimate of drug-likeness (QED) is 0.566. The lowest BCUT2D eigenvalue weighted by Crippen LogP contribution is -2.49. The molecule has 2 saturated heterocycles. The molecule has 4 heterocycles. The van der Waals surface area contributed by atoms with Crippen molar-refractivity contribution >= 4 is 21.4 Å². The van der Waals surface area contributed by atoms with Crippen LogP contribution in [-0.4, -0.2) is 76.5 Å². The summed E-state index contributed by atoms with van der Waals surface area (Å²) in [5.41, 5.74) is 5.31. The van der Waals surface area contributed by atoms with Gasteiger partial charge in [-0.25, -0.2) is 8.42 Å². The zero-order valence-corrected chi connectivity index (χ0v) is 20.6. The molecule has 2 aromatic heterocycles. The molecule has 180 valence electrons. The number of carbonyl (C=O) groups is 1. The number of benzene rings is 1. The van der Waals surface area contributed by atoms with Gasteiger partial charge in [-0.15, -0.1) is 0 Å². The van der Waals surface area contributed by atoms with Crippen LogP contribution >= 0.6 is 0 Å². The van der Waals surface area contributed by atoms with E-state index in [0.717, 1.165) is 28.3 Å². The molecule has 2 fully saturated rings. The third-order valence-electron chi connectivity index (χ3n) is 6.89. The number of piperazine rings is 1. The Morgan fingerprint density at radius 1 is 1.03 bits per heavy atom. The largest absolute Gasteiger partial charge is 0.365 e. The van der Waals surface area contributed by atoms with E-state index in [1.54, 1.807) is 11.7 Å². The molecule has 0 saturated carbocycles. The number of aromatic nitrogens is 4. The number of nitrogens with zero attached hydrogens (tertiary/aromatic N) is 6. The molecule has 0 aliphatic carbocycles. The van der Waals surface area contributed by atoms with Gasteiger partial charge in [0.15, 0.2) is 9.84 Å². The highest BCUT2D eigenvalue weighted by Gasteiger charge is 2.33. The number of hydrogen-bond acceptors (Lipinski definition) is 6. The lowest BCUT2D eigenvalue weighted by Gasteiger charge is -2.36. The summed E-state index contributed by atoms with van der Waals surface area (Å²) < 4.78 is 27.4. The summed E-state index contributed by atoms with van der Waals surface area (Å²) in [6.45, 7) is 6.59. The molecular weight excluding hydrogens is 452 g/mol. The zero-order valence-electron chi connectivity index (χ0n) is 19.8. The molecule has 1 amide bonds. The molecule has 3 aromatic rings. The monoisotopic (exact) mass is 482 g/mol. The molecule has 2 aliphatic rings. The van der Waals surface area contributed by atoms with Crippen LogP contribution in [0.25, 0.3) is 11.3 Å². The fourth-order valence-electron chi connectivity index (χ4n) is 5.15. The van der Waals surface area contributed by atoms with Gasteiger partial charge in [-0.2, -0.15) is 10.2 Å². The highest BCUT2D eigenvalue weighted by Crippen LogP contribution is 2.32. The molecule has 2 aliphatic heterocycles. The molecule has 0 N–H and O–H groups in total. The highest BCUT2D eigenvalue weighted by atomic mass is 32.2. The summed E-state index contributed by atoms with van der Waals surface area (Å²) >= 11 is 0. The maximum Gasteiger partial charge on any atom is 0.272 e. The van der Waals surface area contributed by atoms with Crippen molar-refractivity contribution in [3.63, 3.8) is 0 Å². The Balaban J connectivity index is 1.29. The van der Waals surface area contributed by atoms with Crippen LogP contribution in [-0.2, 0) is 16.9 Å². The Hall–Kier alpha value is -3.14. The van der Waals surface area contributed by atoms with Crippen molar-refractivity contribution < 1.29 is 13.2 Å². The second kappa shape index (κ2) is 8.57. The molecule has 1 atom stereocenters. The van der Waals surface area contributed by atoms with E-state index in [4.69, 9.17) is 5.10 Å². The molecule has 0 radical (unpaired) electrons. The van der Waals surface area contributed by atoms with Crippen molar-refractivity contribution in [1.82, 2.24) is 24.5 Å². The summed E-state index contributed by atoms with van der Waals surface area (Å²) in [5.74, 6) is 0.371. The van der Waals surface area contributed by atoms with E-state index in [0.29, 0.717) is 38.3 Å². The molecule has 5 rings (SSSR count). The molecule has 9 nitrogen and oxygen atoms in total. The summed E-state index contributed by atoms with van der Waals surface area (Å²) in [7, 11) is -1.17. The predicted molar refractivity (Wildman–Crippen MR) is 131 cm³/mol. The Morgan fingerprint density at radius 2 is 1.74 bits per heavy atom. The first-order valence-corrected chi connectivity index (χ1v) is 13.5. The van der Waals surface area contributed by atoms with E-state index in [1.165, 1.54) is 0 Å². The van der Waals surface area contributed by atoms with Gasteiger partial charge in [-0.05, 0) is 26.3 Å². The lowest BCUT2D eigenvalue weighted by atomic mass is 10.1. The first kappa shape index (κ1) is 22.6. The standard InChI is InChI=1S/C24H30N6O3S/c1-17-23(18(2)30(25-17)20-9-14-34(32,33)16-20)28-10-12-29(13-11-28)24(31)22-15-21(26-27(22)3)19-7-5-4-6-8-19/h4-8,15,20H,9-14,16H2,1-3H3. The normalized spacial score (nSPS) is 20.1. The van der Waals surface area contributed by atoms with Crippen molar-refractivity contribution in [2.24, 2.45) is 7.05 Å². The fraction of sp³-hybridized carbons (Fsp3) is 0.458. The number of carbonyl (C=O) groups excluding carboxylic acids is 1. The summed E-state index contributed by atoms with van der Waals surface area (Å²) in [6.07, 6.45) is 0.613. The summed E-state index contributed by atoms with van der Waals surface area (Å²) in [4.78, 5) is 17.4. The third-order valence-corrected chi connectivity index (χ3v) is 8.64. The summed E-state index contributed by atoms with van der Waals surface area (Å²) in [5, 5.41) is 9.23. The molecular formula is C24H30N6O3S. The zero-order chi connectivity index (χ0) is 24.0. The minimum atomic E-state index is -2.98. The number of rotatable bonds is 4. The maximum atomic E-state index is 13.3. The van der Waals surface area contributed by atoms with Crippen LogP contribution in [0.1, 0.15) is 34.3 Å². The molecule has 0 bridgehead atoms. The Morgan fingerprint density at radius 3 is 2.38 bits per heavy atom. The average Bonchev–Trinajstić information content (AvgIpc) is 3.48. The Labute approximate surface area is 199 Å². The van der Waals surface area contributed by atoms with Crippen LogP contribution in [0.4, 0.5) is 5.69 Å². The third kappa shape index (κ3) is 4.11. The number of anilines is 1. The van der Waals surface area contributed by atoms with Gasteiger partial charge in [-0.1, -0.05) is 30.3 Å². The van der Waals surface area contributed by atoms with Gasteiger partial charge < -0.3 is 9.80 Å². The molecule has 1 unspecified atom stereocenters. The van der Waals surface area contributed by atoms with Gasteiger partial charge in [0, 0.05) is 38.8 Å². The Bertz CT molecular complexity index is 1320. The first-order chi connectivity index (χ1) is 16.2. The lowest BCUT2D eigenvalue weighted by molar-refractivity contribution is 0.0735. The number of sulfone groups is 1. The molecule has 34 heavy (non-hydrogen) atoms. The van der Waals surface area contributed by atoms with E-state index in [1.807, 2.05) is 59.8 Å². The topological polar surface area (TPSA) is 93.3 Å². The SMILES string of the molecule is Cc1nn(C2CCS(=O)(=O)C2)c(C)c1N1CCN(C(=O)c2cc(-c3ccccc3)nn2C)CC1. The maximum absolute atomic E-state index is 13.3. The predicted octanol–water partition coefficient (Wildman–Crippen LogP) is 2.22. The molecule has 1 aromatic carbocycles. The van der Waals surface area contributed by atoms with Crippen LogP contribution < -0.4 is 4.90 Å². The second-order valence-electron chi connectivity index (χ2n) is 9.20. The van der Waals surface area contributed by atoms with Crippen LogP contribution in [0.5, 0.6) is 0 Å². The minimum Gasteiger partial charge on any atom is -0.365 e. The van der Waals surface area contributed by atoms with Gasteiger partial charge in [0.2, 0.25) is 0 Å². The van der Waals surface area contributed by atoms with Gasteiger partial charge in [0.25, 0.3) is 5.91 Å². The van der Waals surface area contributed by atoms with E-state index >= 15 is 0 Å². The van der Waals surface area contributed by atoms with Crippen molar-refractivity contribution in [1.29, 1.82) is 0 Å². The number of hydrogen-bond donors (Lipinski definition) is 0. The van der Waals surface area contributed by atoms with Crippen LogP contribution in [0.2, 0.25) is 0 Å². The molecule has 0 spiro atoms. The summed E-state index contributed by atoms with van der Waals surface area (Å²) in [6, 6.07) is 11.6. The van der Waals surface area contributed by atoms with E-state index in [2.05, 4.69) is 10.00 Å². The van der Waals surface area contributed by atoms with Crippen molar-refractivity contribution in [3.8, 4) is 11.3 Å². The Kier molecular flexibility index (Phi) is 5.71. The number of aryl methyl sites for hydroxylation is 2. The van der Waals surface area contributed by atoms with Crippen molar-refractivity contribution in [2.45, 2.75) is 26.3 Å². The van der Waals surface area contributed by atoms with Gasteiger partial charge in [-0.3, -0.25) is 14.2 Å². The molecule has 10 heteroatoms. The second-order valence-corrected chi connectivity index (χ2v) is 11.4. The average molecular weight is 483 g/mol. The first-order valence-electron chi connectivity index (χ1n) is 11.6. The van der Waals surface area contributed by atoms with Gasteiger partial charge in [0.1, 0.15) is 5.69 Å². The van der Waals surface area contributed by atoms with Gasteiger partial charge >= 0.3 is 0 Å². The van der Waals surface area contributed by atoms with E-state index in [-0.39, 0.29) is 23.5 Å². The fourth-order valence-corrected chi connectivity index (χ4v) is 6.84. The van der Waals surface area contributed by atoms with Gasteiger partial charge in [0.05, 0.1) is 40.3 Å². The van der Waals surface area contributed by atoms with E-state index < -0.39 is 9.84 Å². The minimum absolute atomic E-state index is 0.0165. The number of amides is 1. The van der Waals surface area contributed by atoms with Crippen molar-refractivity contribution in [3.05, 3.63) is 53.5 Å². The van der Waals surface area contributed by atoms with E-state index in [9.17, 15) is 13.2 Å². The van der Waals surface area contributed by atoms with Crippen LogP contribution in [0.15, 0.2) is 36.4 Å². The van der Waals surface area contributed by atoms with Crippen LogP contribution in [0, 0.1) is 13.8 Å². The smallest absolute Gasteiger partial charge is 0.272 e. The highest BCUT2D eigenvalue weighted by molar-refractivity contribution is 7.91. The van der Waals surface area contributed by atoms with Crippen molar-refractivity contribution in [2.75, 3.05) is 42.6 Å². The van der Waals surface area contributed by atoms with Crippen LogP contribution in [0.3, 0.4) is 0 Å².